The predicted octanol–water partition coefficient (Wildman–Crippen LogP) is 3.26. The van der Waals surface area contributed by atoms with Crippen LogP contribution in [0.25, 0.3) is 0 Å². The molecule has 1 atom stereocenters. The van der Waals surface area contributed by atoms with Crippen LogP contribution in [0.5, 0.6) is 0 Å². The summed E-state index contributed by atoms with van der Waals surface area (Å²) in [6.07, 6.45) is 4.33. The lowest BCUT2D eigenvalue weighted by molar-refractivity contribution is -0.108. The molecular formula is C13H16O. The fourth-order valence-electron chi connectivity index (χ4n) is 1.79. The molecule has 1 unspecified atom stereocenters. The standard InChI is InChI=1S/C13H16O/c1-10(8-9-14)11-2-4-12(5-3-11)13-6-7-13/h2-5,9-10,13H,6-8H2,1H3. The molecule has 1 nitrogen and oxygen atoms in total. The first kappa shape index (κ1) is 9.45. The summed E-state index contributed by atoms with van der Waals surface area (Å²) in [6, 6.07) is 8.77. The Morgan fingerprint density at radius 3 is 2.50 bits per heavy atom. The molecule has 0 N–H and O–H groups in total. The highest BCUT2D eigenvalue weighted by molar-refractivity contribution is 5.51. The first-order chi connectivity index (χ1) is 6.81. The van der Waals surface area contributed by atoms with Gasteiger partial charge in [-0.3, -0.25) is 0 Å². The van der Waals surface area contributed by atoms with Crippen molar-refractivity contribution in [3.63, 3.8) is 0 Å². The van der Waals surface area contributed by atoms with Crippen molar-refractivity contribution in [2.45, 2.75) is 38.0 Å². The second-order valence-corrected chi connectivity index (χ2v) is 4.24. The van der Waals surface area contributed by atoms with E-state index in [1.165, 1.54) is 24.0 Å². The summed E-state index contributed by atoms with van der Waals surface area (Å²) in [4.78, 5) is 10.4. The largest absolute Gasteiger partial charge is 0.303 e. The Kier molecular flexibility index (Phi) is 2.67. The van der Waals surface area contributed by atoms with Gasteiger partial charge in [0.25, 0.3) is 0 Å². The van der Waals surface area contributed by atoms with Crippen molar-refractivity contribution in [2.75, 3.05) is 0 Å². The highest BCUT2D eigenvalue weighted by atomic mass is 16.1. The van der Waals surface area contributed by atoms with Gasteiger partial charge in [0.2, 0.25) is 0 Å². The van der Waals surface area contributed by atoms with E-state index >= 15 is 0 Å². The molecule has 1 aliphatic rings. The molecule has 0 radical (unpaired) electrons. The number of carbonyl (C=O) groups excluding carboxylic acids is 1. The topological polar surface area (TPSA) is 17.1 Å². The fraction of sp³-hybridized carbons (Fsp3) is 0.462. The van der Waals surface area contributed by atoms with E-state index in [1.807, 2.05) is 0 Å². The first-order valence-electron chi connectivity index (χ1n) is 5.34. The molecule has 1 aromatic carbocycles. The normalized spacial score (nSPS) is 17.8. The van der Waals surface area contributed by atoms with Crippen LogP contribution >= 0.6 is 0 Å². The second kappa shape index (κ2) is 3.95. The summed E-state index contributed by atoms with van der Waals surface area (Å²) in [5.41, 5.74) is 2.74. The van der Waals surface area contributed by atoms with Crippen molar-refractivity contribution in [3.05, 3.63) is 35.4 Å². The predicted molar refractivity (Wildman–Crippen MR) is 57.5 cm³/mol. The van der Waals surface area contributed by atoms with Crippen LogP contribution in [-0.4, -0.2) is 6.29 Å². The van der Waals surface area contributed by atoms with Gasteiger partial charge in [-0.25, -0.2) is 0 Å². The zero-order valence-corrected chi connectivity index (χ0v) is 8.57. The lowest BCUT2D eigenvalue weighted by Crippen LogP contribution is -1.94. The maximum Gasteiger partial charge on any atom is 0.120 e. The van der Waals surface area contributed by atoms with E-state index in [-0.39, 0.29) is 0 Å². The molecule has 0 spiro atoms. The third-order valence-electron chi connectivity index (χ3n) is 3.00. The molecule has 1 fully saturated rings. The molecule has 74 valence electrons. The zero-order valence-electron chi connectivity index (χ0n) is 8.57. The van der Waals surface area contributed by atoms with Crippen molar-refractivity contribution in [1.82, 2.24) is 0 Å². The average molecular weight is 188 g/mol. The Labute approximate surface area is 85.1 Å². The van der Waals surface area contributed by atoms with Crippen molar-refractivity contribution in [1.29, 1.82) is 0 Å². The smallest absolute Gasteiger partial charge is 0.120 e. The van der Waals surface area contributed by atoms with E-state index in [1.54, 1.807) is 0 Å². The number of hydrogen-bond donors (Lipinski definition) is 0. The van der Waals surface area contributed by atoms with Crippen LogP contribution in [0.15, 0.2) is 24.3 Å². The number of carbonyl (C=O) groups is 1. The minimum atomic E-state index is 0.362. The van der Waals surface area contributed by atoms with Crippen LogP contribution in [0.4, 0.5) is 0 Å². The molecule has 0 heterocycles. The maximum absolute atomic E-state index is 10.4. The van der Waals surface area contributed by atoms with Crippen molar-refractivity contribution in [2.24, 2.45) is 0 Å². The molecule has 2 rings (SSSR count). The van der Waals surface area contributed by atoms with E-state index < -0.39 is 0 Å². The van der Waals surface area contributed by atoms with Gasteiger partial charge in [0.1, 0.15) is 6.29 Å². The molecule has 1 aromatic rings. The van der Waals surface area contributed by atoms with Gasteiger partial charge in [0.05, 0.1) is 0 Å². The molecule has 0 amide bonds. The van der Waals surface area contributed by atoms with Crippen LogP contribution in [0.1, 0.15) is 49.1 Å². The zero-order chi connectivity index (χ0) is 9.97. The van der Waals surface area contributed by atoms with Gasteiger partial charge in [-0.15, -0.1) is 0 Å². The number of benzene rings is 1. The third-order valence-corrected chi connectivity index (χ3v) is 3.00. The summed E-state index contributed by atoms with van der Waals surface area (Å²) in [5, 5.41) is 0. The lowest BCUT2D eigenvalue weighted by atomic mass is 9.96. The van der Waals surface area contributed by atoms with E-state index in [9.17, 15) is 4.79 Å². The summed E-state index contributed by atoms with van der Waals surface area (Å²) in [7, 11) is 0. The molecule has 14 heavy (non-hydrogen) atoms. The summed E-state index contributed by atoms with van der Waals surface area (Å²) >= 11 is 0. The molecule has 1 saturated carbocycles. The number of hydrogen-bond acceptors (Lipinski definition) is 1. The second-order valence-electron chi connectivity index (χ2n) is 4.24. The number of rotatable bonds is 4. The minimum absolute atomic E-state index is 0.362. The molecule has 1 heteroatoms. The Balaban J connectivity index is 2.08. The van der Waals surface area contributed by atoms with Crippen LogP contribution in [0.2, 0.25) is 0 Å². The van der Waals surface area contributed by atoms with Gasteiger partial charge in [0, 0.05) is 6.42 Å². The van der Waals surface area contributed by atoms with E-state index in [0.29, 0.717) is 12.3 Å². The van der Waals surface area contributed by atoms with E-state index in [2.05, 4.69) is 31.2 Å². The summed E-state index contributed by atoms with van der Waals surface area (Å²) in [5.74, 6) is 1.19. The van der Waals surface area contributed by atoms with Crippen LogP contribution in [0, 0.1) is 0 Å². The summed E-state index contributed by atoms with van der Waals surface area (Å²) in [6.45, 7) is 2.10. The molecule has 0 aliphatic heterocycles. The van der Waals surface area contributed by atoms with Gasteiger partial charge in [-0.1, -0.05) is 31.2 Å². The van der Waals surface area contributed by atoms with Gasteiger partial charge in [-0.05, 0) is 35.8 Å². The van der Waals surface area contributed by atoms with Crippen LogP contribution in [0.3, 0.4) is 0 Å². The average Bonchev–Trinajstić information content (AvgIpc) is 3.02. The number of aldehydes is 1. The third kappa shape index (κ3) is 2.03. The summed E-state index contributed by atoms with van der Waals surface area (Å²) < 4.78 is 0. The quantitative estimate of drug-likeness (QED) is 0.663. The molecule has 0 saturated heterocycles. The minimum Gasteiger partial charge on any atom is -0.303 e. The Hall–Kier alpha value is -1.11. The first-order valence-corrected chi connectivity index (χ1v) is 5.34. The monoisotopic (exact) mass is 188 g/mol. The molecular weight excluding hydrogens is 172 g/mol. The van der Waals surface area contributed by atoms with Crippen molar-refractivity contribution < 1.29 is 4.79 Å². The maximum atomic E-state index is 10.4. The highest BCUT2D eigenvalue weighted by Gasteiger charge is 2.23. The van der Waals surface area contributed by atoms with E-state index in [0.717, 1.165) is 12.2 Å². The SMILES string of the molecule is CC(CC=O)c1ccc(C2CC2)cc1. The van der Waals surface area contributed by atoms with Crippen LogP contribution in [-0.2, 0) is 4.79 Å². The van der Waals surface area contributed by atoms with Gasteiger partial charge >= 0.3 is 0 Å². The van der Waals surface area contributed by atoms with Gasteiger partial charge in [0.15, 0.2) is 0 Å². The fourth-order valence-corrected chi connectivity index (χ4v) is 1.79. The molecule has 0 bridgehead atoms. The van der Waals surface area contributed by atoms with E-state index in [4.69, 9.17) is 0 Å². The molecule has 0 aromatic heterocycles. The van der Waals surface area contributed by atoms with Crippen molar-refractivity contribution >= 4 is 6.29 Å². The van der Waals surface area contributed by atoms with Gasteiger partial charge in [-0.2, -0.15) is 0 Å². The Bertz CT molecular complexity index is 309. The molecule has 1 aliphatic carbocycles. The Morgan fingerprint density at radius 1 is 1.36 bits per heavy atom. The van der Waals surface area contributed by atoms with Gasteiger partial charge < -0.3 is 4.79 Å². The van der Waals surface area contributed by atoms with Crippen molar-refractivity contribution in [3.8, 4) is 0 Å². The highest BCUT2D eigenvalue weighted by Crippen LogP contribution is 2.40. The Morgan fingerprint density at radius 2 is 2.00 bits per heavy atom. The lowest BCUT2D eigenvalue weighted by Gasteiger charge is -2.08. The van der Waals surface area contributed by atoms with Crippen LogP contribution < -0.4 is 0 Å².